The van der Waals surface area contributed by atoms with Crippen LogP contribution in [0.15, 0.2) is 12.2 Å². The summed E-state index contributed by atoms with van der Waals surface area (Å²) in [5.74, 6) is -0.602. The molecule has 4 atom stereocenters. The molecule has 6 heteroatoms. The molecule has 0 rings (SSSR count). The van der Waals surface area contributed by atoms with Gasteiger partial charge in [-0.3, -0.25) is 4.79 Å². The summed E-state index contributed by atoms with van der Waals surface area (Å²) in [7, 11) is 0. The third-order valence-electron chi connectivity index (χ3n) is 6.23. The number of allylic oxidation sites excluding steroid dienone is 2. The molecule has 0 aromatic carbocycles. The summed E-state index contributed by atoms with van der Waals surface area (Å²) in [5, 5.41) is 42.7. The molecule has 0 aliphatic rings. The molecule has 0 aliphatic heterocycles. The fourth-order valence-corrected chi connectivity index (χ4v) is 3.92. The van der Waals surface area contributed by atoms with Crippen LogP contribution in [-0.2, 0) is 4.79 Å². The highest BCUT2D eigenvalue weighted by Gasteiger charge is 2.28. The van der Waals surface area contributed by atoms with Gasteiger partial charge in [0.2, 0.25) is 5.91 Å². The van der Waals surface area contributed by atoms with Crippen LogP contribution in [-0.4, -0.2) is 57.3 Å². The van der Waals surface area contributed by atoms with E-state index in [0.29, 0.717) is 19.3 Å². The molecule has 0 bridgehead atoms. The summed E-state index contributed by atoms with van der Waals surface area (Å²) in [6, 6.07) is -0.991. The molecule has 0 saturated heterocycles. The van der Waals surface area contributed by atoms with Gasteiger partial charge in [-0.15, -0.1) is 0 Å². The number of hydrogen-bond acceptors (Lipinski definition) is 5. The molecule has 0 heterocycles. The minimum atomic E-state index is -1.27. The van der Waals surface area contributed by atoms with Gasteiger partial charge < -0.3 is 25.7 Å². The Morgan fingerprint density at radius 1 is 0.727 bits per heavy atom. The first kappa shape index (κ1) is 32.0. The molecule has 0 radical (unpaired) electrons. The Bertz CT molecular complexity index is 471. The van der Waals surface area contributed by atoms with E-state index in [9.17, 15) is 25.2 Å². The van der Waals surface area contributed by atoms with Crippen LogP contribution in [0.1, 0.15) is 123 Å². The van der Waals surface area contributed by atoms with Gasteiger partial charge in [-0.1, -0.05) is 103 Å². The van der Waals surface area contributed by atoms with Gasteiger partial charge in [0.1, 0.15) is 12.2 Å². The van der Waals surface area contributed by atoms with E-state index in [-0.39, 0.29) is 0 Å². The fourth-order valence-electron chi connectivity index (χ4n) is 3.92. The summed E-state index contributed by atoms with van der Waals surface area (Å²) < 4.78 is 0. The van der Waals surface area contributed by atoms with Gasteiger partial charge in [0.05, 0.1) is 18.8 Å². The third kappa shape index (κ3) is 18.1. The fraction of sp³-hybridized carbons (Fsp3) is 0.889. The lowest BCUT2D eigenvalue weighted by molar-refractivity contribution is -0.132. The lowest BCUT2D eigenvalue weighted by Gasteiger charge is -2.27. The van der Waals surface area contributed by atoms with Crippen LogP contribution in [0.4, 0.5) is 0 Å². The summed E-state index contributed by atoms with van der Waals surface area (Å²) in [5.41, 5.74) is 0. The molecule has 4 unspecified atom stereocenters. The number of hydrogen-bond donors (Lipinski definition) is 5. The first-order valence-electron chi connectivity index (χ1n) is 13.6. The van der Waals surface area contributed by atoms with Crippen molar-refractivity contribution in [2.24, 2.45) is 0 Å². The second-order valence-electron chi connectivity index (χ2n) is 9.39. The Morgan fingerprint density at radius 3 is 1.79 bits per heavy atom. The Balaban J connectivity index is 4.01. The predicted molar refractivity (Wildman–Crippen MR) is 136 cm³/mol. The Kier molecular flexibility index (Phi) is 22.2. The molecule has 0 aromatic rings. The van der Waals surface area contributed by atoms with E-state index >= 15 is 0 Å². The molecule has 1 amide bonds. The van der Waals surface area contributed by atoms with Gasteiger partial charge in [0.15, 0.2) is 0 Å². The number of nitrogens with one attached hydrogen (secondary N) is 1. The minimum absolute atomic E-state index is 0.365. The van der Waals surface area contributed by atoms with Gasteiger partial charge in [-0.05, 0) is 32.1 Å². The zero-order valence-corrected chi connectivity index (χ0v) is 21.4. The van der Waals surface area contributed by atoms with Crippen molar-refractivity contribution in [2.75, 3.05) is 6.61 Å². The van der Waals surface area contributed by atoms with E-state index in [1.807, 2.05) is 0 Å². The Morgan fingerprint density at radius 2 is 1.24 bits per heavy atom. The molecule has 6 nitrogen and oxygen atoms in total. The monoisotopic (exact) mass is 471 g/mol. The largest absolute Gasteiger partial charge is 0.394 e. The summed E-state index contributed by atoms with van der Waals surface area (Å²) in [6.07, 6.45) is 18.3. The molecular weight excluding hydrogens is 418 g/mol. The zero-order valence-electron chi connectivity index (χ0n) is 21.4. The molecule has 33 heavy (non-hydrogen) atoms. The molecule has 5 N–H and O–H groups in total. The number of aliphatic hydroxyl groups is 4. The van der Waals surface area contributed by atoms with Crippen molar-refractivity contribution in [2.45, 2.75) is 147 Å². The average Bonchev–Trinajstić information content (AvgIpc) is 2.82. The number of amides is 1. The van der Waals surface area contributed by atoms with Crippen LogP contribution in [0, 0.1) is 0 Å². The summed E-state index contributed by atoms with van der Waals surface area (Å²) >= 11 is 0. The number of rotatable bonds is 23. The van der Waals surface area contributed by atoms with Crippen molar-refractivity contribution in [3.63, 3.8) is 0 Å². The summed E-state index contributed by atoms with van der Waals surface area (Å²) in [4.78, 5) is 12.2. The van der Waals surface area contributed by atoms with Crippen molar-refractivity contribution < 1.29 is 25.2 Å². The first-order valence-corrected chi connectivity index (χ1v) is 13.6. The van der Waals surface area contributed by atoms with Crippen LogP contribution in [0.5, 0.6) is 0 Å². The zero-order chi connectivity index (χ0) is 24.7. The minimum Gasteiger partial charge on any atom is -0.394 e. The molecule has 0 aliphatic carbocycles. The van der Waals surface area contributed by atoms with Crippen LogP contribution in [0.3, 0.4) is 0 Å². The van der Waals surface area contributed by atoms with Crippen molar-refractivity contribution in [3.05, 3.63) is 12.2 Å². The van der Waals surface area contributed by atoms with Crippen LogP contribution < -0.4 is 5.32 Å². The second-order valence-corrected chi connectivity index (χ2v) is 9.39. The van der Waals surface area contributed by atoms with Crippen molar-refractivity contribution >= 4 is 5.91 Å². The highest BCUT2D eigenvalue weighted by atomic mass is 16.3. The van der Waals surface area contributed by atoms with Crippen molar-refractivity contribution in [1.82, 2.24) is 5.32 Å². The van der Waals surface area contributed by atoms with Gasteiger partial charge >= 0.3 is 0 Å². The predicted octanol–water partition coefficient (Wildman–Crippen LogP) is 4.77. The van der Waals surface area contributed by atoms with E-state index in [0.717, 1.165) is 38.5 Å². The number of carbonyl (C=O) groups is 1. The Hall–Kier alpha value is -0.950. The van der Waals surface area contributed by atoms with Crippen molar-refractivity contribution in [3.8, 4) is 0 Å². The molecule has 196 valence electrons. The quantitative estimate of drug-likeness (QED) is 0.109. The molecule has 0 fully saturated rings. The van der Waals surface area contributed by atoms with Gasteiger partial charge in [-0.25, -0.2) is 0 Å². The standard InChI is InChI=1S/C27H53NO5/c1-3-5-7-9-11-12-13-15-17-19-21-25(31)27(33)28-23(22-29)26(32)24(30)20-18-16-14-10-8-6-4-2/h10,14,23-26,29-32H,3-9,11-13,15-22H2,1-2H3,(H,28,33)/b14-10+. The van der Waals surface area contributed by atoms with Gasteiger partial charge in [0.25, 0.3) is 0 Å². The molecule has 0 saturated carbocycles. The number of unbranched alkanes of at least 4 members (excludes halogenated alkanes) is 12. The molecule has 0 aromatic heterocycles. The maximum Gasteiger partial charge on any atom is 0.249 e. The second kappa shape index (κ2) is 22.8. The lowest BCUT2D eigenvalue weighted by atomic mass is 10.00. The summed E-state index contributed by atoms with van der Waals surface area (Å²) in [6.45, 7) is 3.88. The van der Waals surface area contributed by atoms with Gasteiger partial charge in [-0.2, -0.15) is 0 Å². The van der Waals surface area contributed by atoms with E-state index < -0.39 is 36.9 Å². The molecule has 0 spiro atoms. The topological polar surface area (TPSA) is 110 Å². The smallest absolute Gasteiger partial charge is 0.249 e. The SMILES string of the molecule is CCCC/C=C/CCCC(O)C(O)C(CO)NC(=O)C(O)CCCCCCCCCCCC. The highest BCUT2D eigenvalue weighted by Crippen LogP contribution is 2.13. The normalized spacial score (nSPS) is 15.5. The Labute approximate surface area is 202 Å². The maximum absolute atomic E-state index is 12.2. The van der Waals surface area contributed by atoms with Crippen molar-refractivity contribution in [1.29, 1.82) is 0 Å². The highest BCUT2D eigenvalue weighted by molar-refractivity contribution is 5.80. The van der Waals surface area contributed by atoms with E-state index in [2.05, 4.69) is 31.3 Å². The maximum atomic E-state index is 12.2. The number of carbonyl (C=O) groups excluding carboxylic acids is 1. The lowest BCUT2D eigenvalue weighted by Crippen LogP contribution is -2.53. The number of aliphatic hydroxyl groups excluding tert-OH is 4. The van der Waals surface area contributed by atoms with E-state index in [1.54, 1.807) is 0 Å². The average molecular weight is 472 g/mol. The van der Waals surface area contributed by atoms with Crippen LogP contribution >= 0.6 is 0 Å². The third-order valence-corrected chi connectivity index (χ3v) is 6.23. The first-order chi connectivity index (χ1) is 16.0. The van der Waals surface area contributed by atoms with Crippen LogP contribution in [0.25, 0.3) is 0 Å². The van der Waals surface area contributed by atoms with Gasteiger partial charge in [0, 0.05) is 0 Å². The van der Waals surface area contributed by atoms with E-state index in [4.69, 9.17) is 0 Å². The molecular formula is C27H53NO5. The van der Waals surface area contributed by atoms with Crippen LogP contribution in [0.2, 0.25) is 0 Å². The van der Waals surface area contributed by atoms with E-state index in [1.165, 1.54) is 51.4 Å².